The third-order valence-corrected chi connectivity index (χ3v) is 5.82. The van der Waals surface area contributed by atoms with Gasteiger partial charge in [-0.1, -0.05) is 17.7 Å². The van der Waals surface area contributed by atoms with E-state index < -0.39 is 10.0 Å². The van der Waals surface area contributed by atoms with Gasteiger partial charge in [0.1, 0.15) is 0 Å². The predicted molar refractivity (Wildman–Crippen MR) is 76.7 cm³/mol. The van der Waals surface area contributed by atoms with E-state index in [-0.39, 0.29) is 12.1 Å². The van der Waals surface area contributed by atoms with Crippen LogP contribution in [0.5, 0.6) is 0 Å². The summed E-state index contributed by atoms with van der Waals surface area (Å²) in [6.07, 6.45) is 6.29. The minimum atomic E-state index is -3.49. The number of sulfonamides is 1. The fourth-order valence-corrected chi connectivity index (χ4v) is 4.49. The van der Waals surface area contributed by atoms with E-state index in [1.807, 2.05) is 19.1 Å². The molecule has 1 aliphatic heterocycles. The Morgan fingerprint density at radius 2 is 1.95 bits per heavy atom. The molecule has 0 radical (unpaired) electrons. The van der Waals surface area contributed by atoms with E-state index in [1.54, 1.807) is 24.4 Å². The highest BCUT2D eigenvalue weighted by molar-refractivity contribution is 7.89. The first-order chi connectivity index (χ1) is 9.59. The van der Waals surface area contributed by atoms with Gasteiger partial charge in [0.2, 0.25) is 0 Å². The fourth-order valence-electron chi connectivity index (χ4n) is 2.92. The van der Waals surface area contributed by atoms with E-state index in [1.165, 1.54) is 4.31 Å². The molecule has 1 aliphatic carbocycles. The van der Waals surface area contributed by atoms with Gasteiger partial charge in [-0.3, -0.25) is 4.31 Å². The lowest BCUT2D eigenvalue weighted by Crippen LogP contribution is -2.40. The summed E-state index contributed by atoms with van der Waals surface area (Å²) >= 11 is 0. The van der Waals surface area contributed by atoms with Crippen LogP contribution in [0.3, 0.4) is 0 Å². The summed E-state index contributed by atoms with van der Waals surface area (Å²) in [5, 5.41) is 0. The number of hydrogen-bond donors (Lipinski definition) is 0. The number of ether oxygens (including phenoxy) is 1. The van der Waals surface area contributed by atoms with Crippen molar-refractivity contribution < 1.29 is 13.2 Å². The second kappa shape index (κ2) is 5.22. The van der Waals surface area contributed by atoms with Gasteiger partial charge in [-0.2, -0.15) is 0 Å². The molecule has 1 saturated carbocycles. The summed E-state index contributed by atoms with van der Waals surface area (Å²) in [5.41, 5.74) is 1.05. The molecular formula is C15H19NO3S. The number of benzene rings is 1. The second-order valence-electron chi connectivity index (χ2n) is 5.40. The van der Waals surface area contributed by atoms with Crippen molar-refractivity contribution in [1.82, 2.24) is 4.31 Å². The van der Waals surface area contributed by atoms with Gasteiger partial charge in [-0.25, -0.2) is 8.42 Å². The highest BCUT2D eigenvalue weighted by Crippen LogP contribution is 2.32. The maximum atomic E-state index is 12.8. The number of rotatable bonds is 2. The summed E-state index contributed by atoms with van der Waals surface area (Å²) in [5.74, 6) is 0. The van der Waals surface area contributed by atoms with Crippen molar-refractivity contribution in [2.75, 3.05) is 6.61 Å². The molecule has 2 aliphatic rings. The highest BCUT2D eigenvalue weighted by Gasteiger charge is 2.38. The van der Waals surface area contributed by atoms with E-state index in [4.69, 9.17) is 4.74 Å². The first kappa shape index (κ1) is 13.6. The third kappa shape index (κ3) is 2.36. The van der Waals surface area contributed by atoms with E-state index in [2.05, 4.69) is 0 Å². The van der Waals surface area contributed by atoms with Gasteiger partial charge in [-0.15, -0.1) is 0 Å². The Bertz CT molecular complexity index is 607. The molecular weight excluding hydrogens is 274 g/mol. The molecule has 4 nitrogen and oxygen atoms in total. The van der Waals surface area contributed by atoms with Crippen molar-refractivity contribution in [2.45, 2.75) is 43.2 Å². The van der Waals surface area contributed by atoms with Crippen LogP contribution in [0.2, 0.25) is 0 Å². The quantitative estimate of drug-likeness (QED) is 0.841. The first-order valence-corrected chi connectivity index (χ1v) is 8.41. The number of hydrogen-bond acceptors (Lipinski definition) is 3. The summed E-state index contributed by atoms with van der Waals surface area (Å²) in [7, 11) is -3.49. The average molecular weight is 293 g/mol. The van der Waals surface area contributed by atoms with Crippen LogP contribution in [0.15, 0.2) is 41.4 Å². The maximum absolute atomic E-state index is 12.8. The van der Waals surface area contributed by atoms with E-state index >= 15 is 0 Å². The second-order valence-corrected chi connectivity index (χ2v) is 7.25. The first-order valence-electron chi connectivity index (χ1n) is 6.97. The Labute approximate surface area is 120 Å². The summed E-state index contributed by atoms with van der Waals surface area (Å²) < 4.78 is 32.8. The standard InChI is InChI=1S/C15H19NO3S/c1-12-6-8-13(9-7-12)20(17,18)16-10-3-11-19-15-5-2-4-14(15)16/h3,6-10,14-15H,2,4-5,11H2,1H3. The van der Waals surface area contributed by atoms with E-state index in [0.29, 0.717) is 11.5 Å². The summed E-state index contributed by atoms with van der Waals surface area (Å²) in [6.45, 7) is 2.43. The van der Waals surface area contributed by atoms with Gasteiger partial charge < -0.3 is 4.74 Å². The predicted octanol–water partition coefficient (Wildman–Crippen LogP) is 2.45. The molecule has 3 rings (SSSR count). The van der Waals surface area contributed by atoms with Crippen molar-refractivity contribution in [3.63, 3.8) is 0 Å². The Kier molecular flexibility index (Phi) is 3.56. The lowest BCUT2D eigenvalue weighted by Gasteiger charge is -2.29. The smallest absolute Gasteiger partial charge is 0.264 e. The van der Waals surface area contributed by atoms with E-state index in [0.717, 1.165) is 24.8 Å². The molecule has 0 saturated heterocycles. The molecule has 2 unspecified atom stereocenters. The van der Waals surface area contributed by atoms with Crippen molar-refractivity contribution in [3.05, 3.63) is 42.1 Å². The van der Waals surface area contributed by atoms with Crippen LogP contribution in [-0.4, -0.2) is 31.5 Å². The van der Waals surface area contributed by atoms with Gasteiger partial charge in [0, 0.05) is 6.20 Å². The highest BCUT2D eigenvalue weighted by atomic mass is 32.2. The molecule has 20 heavy (non-hydrogen) atoms. The molecule has 0 amide bonds. The Morgan fingerprint density at radius 3 is 2.70 bits per heavy atom. The molecule has 0 bridgehead atoms. The monoisotopic (exact) mass is 293 g/mol. The van der Waals surface area contributed by atoms with Crippen molar-refractivity contribution >= 4 is 10.0 Å². The molecule has 1 aromatic rings. The van der Waals surface area contributed by atoms with Crippen LogP contribution in [0.1, 0.15) is 24.8 Å². The lowest BCUT2D eigenvalue weighted by molar-refractivity contribution is 0.0547. The molecule has 5 heteroatoms. The van der Waals surface area contributed by atoms with Crippen LogP contribution in [0, 0.1) is 6.92 Å². The summed E-state index contributed by atoms with van der Waals surface area (Å²) in [4.78, 5) is 0.348. The Hall–Kier alpha value is -1.33. The Balaban J connectivity index is 1.98. The van der Waals surface area contributed by atoms with Gasteiger partial charge in [0.25, 0.3) is 10.0 Å². The van der Waals surface area contributed by atoms with Gasteiger partial charge in [0.05, 0.1) is 23.6 Å². The minimum absolute atomic E-state index is 0.0187. The van der Waals surface area contributed by atoms with Gasteiger partial charge >= 0.3 is 0 Å². The molecule has 1 aromatic carbocycles. The molecule has 1 heterocycles. The molecule has 0 spiro atoms. The lowest BCUT2D eigenvalue weighted by atomic mass is 10.2. The van der Waals surface area contributed by atoms with Crippen LogP contribution < -0.4 is 0 Å². The topological polar surface area (TPSA) is 46.6 Å². The van der Waals surface area contributed by atoms with Gasteiger partial charge in [-0.05, 0) is 44.4 Å². The average Bonchev–Trinajstić information content (AvgIpc) is 2.78. The molecule has 108 valence electrons. The largest absolute Gasteiger partial charge is 0.372 e. The van der Waals surface area contributed by atoms with Crippen molar-refractivity contribution in [1.29, 1.82) is 0 Å². The van der Waals surface area contributed by atoms with E-state index in [9.17, 15) is 8.42 Å². The molecule has 0 N–H and O–H groups in total. The van der Waals surface area contributed by atoms with Gasteiger partial charge in [0.15, 0.2) is 0 Å². The van der Waals surface area contributed by atoms with Crippen LogP contribution in [-0.2, 0) is 14.8 Å². The van der Waals surface area contributed by atoms with Crippen molar-refractivity contribution in [2.24, 2.45) is 0 Å². The molecule has 0 aromatic heterocycles. The zero-order chi connectivity index (χ0) is 14.2. The molecule has 2 atom stereocenters. The van der Waals surface area contributed by atoms with Crippen LogP contribution >= 0.6 is 0 Å². The Morgan fingerprint density at radius 1 is 1.20 bits per heavy atom. The third-order valence-electron chi connectivity index (χ3n) is 4.00. The zero-order valence-corrected chi connectivity index (χ0v) is 12.3. The zero-order valence-electron chi connectivity index (χ0n) is 11.5. The normalized spacial score (nSPS) is 26.4. The maximum Gasteiger partial charge on any atom is 0.264 e. The SMILES string of the molecule is Cc1ccc(S(=O)(=O)N2C=CCOC3CCCC32)cc1. The van der Waals surface area contributed by atoms with Crippen molar-refractivity contribution in [3.8, 4) is 0 Å². The number of aryl methyl sites for hydroxylation is 1. The van der Waals surface area contributed by atoms with Crippen LogP contribution in [0.4, 0.5) is 0 Å². The number of fused-ring (bicyclic) bond motifs is 1. The fraction of sp³-hybridized carbons (Fsp3) is 0.467. The summed E-state index contributed by atoms with van der Waals surface area (Å²) in [6, 6.07) is 6.94. The number of nitrogens with zero attached hydrogens (tertiary/aromatic N) is 1. The van der Waals surface area contributed by atoms with Crippen LogP contribution in [0.25, 0.3) is 0 Å². The molecule has 1 fully saturated rings. The minimum Gasteiger partial charge on any atom is -0.372 e.